The summed E-state index contributed by atoms with van der Waals surface area (Å²) in [6.45, 7) is 2.61. The predicted octanol–water partition coefficient (Wildman–Crippen LogP) is 0.512. The van der Waals surface area contributed by atoms with Gasteiger partial charge in [0.05, 0.1) is 24.2 Å². The maximum atomic E-state index is 12.2. The summed E-state index contributed by atoms with van der Waals surface area (Å²) in [6, 6.07) is -0.218. The van der Waals surface area contributed by atoms with Crippen molar-refractivity contribution in [1.82, 2.24) is 10.2 Å². The minimum absolute atomic E-state index is 0.0885. The van der Waals surface area contributed by atoms with Gasteiger partial charge in [0, 0.05) is 6.04 Å². The van der Waals surface area contributed by atoms with E-state index < -0.39 is 9.84 Å². The summed E-state index contributed by atoms with van der Waals surface area (Å²) in [5.41, 5.74) is 0. The standard InChI is InChI=1S/C12H22N2O3S/c1-2-3-6-11-12(15)14(9-13-11)10-5-4-7-18(16,17)8-10/h10-11,13H,2-9H2,1H3. The van der Waals surface area contributed by atoms with Crippen LogP contribution in [0.1, 0.15) is 39.0 Å². The van der Waals surface area contributed by atoms with Crippen molar-refractivity contribution in [2.45, 2.75) is 51.1 Å². The Kier molecular flexibility index (Phi) is 4.27. The van der Waals surface area contributed by atoms with Gasteiger partial charge in [-0.2, -0.15) is 0 Å². The molecular weight excluding hydrogens is 252 g/mol. The van der Waals surface area contributed by atoms with E-state index in [9.17, 15) is 13.2 Å². The number of nitrogens with zero attached hydrogens (tertiary/aromatic N) is 1. The van der Waals surface area contributed by atoms with Crippen LogP contribution < -0.4 is 5.32 Å². The zero-order valence-corrected chi connectivity index (χ0v) is 11.7. The van der Waals surface area contributed by atoms with Gasteiger partial charge >= 0.3 is 0 Å². The fourth-order valence-corrected chi connectivity index (χ4v) is 4.47. The van der Waals surface area contributed by atoms with E-state index in [0.717, 1.165) is 25.7 Å². The molecule has 2 aliphatic heterocycles. The molecule has 2 aliphatic rings. The van der Waals surface area contributed by atoms with Gasteiger partial charge in [0.2, 0.25) is 5.91 Å². The molecule has 0 aliphatic carbocycles. The van der Waals surface area contributed by atoms with E-state index >= 15 is 0 Å². The molecule has 18 heavy (non-hydrogen) atoms. The van der Waals surface area contributed by atoms with Gasteiger partial charge in [-0.05, 0) is 19.3 Å². The first-order chi connectivity index (χ1) is 8.53. The van der Waals surface area contributed by atoms with Gasteiger partial charge in [-0.25, -0.2) is 8.42 Å². The predicted molar refractivity (Wildman–Crippen MR) is 69.8 cm³/mol. The van der Waals surface area contributed by atoms with Crippen LogP contribution in [0.2, 0.25) is 0 Å². The van der Waals surface area contributed by atoms with Crippen LogP contribution >= 0.6 is 0 Å². The maximum absolute atomic E-state index is 12.2. The SMILES string of the molecule is CCCCC1NCN(C2CCCS(=O)(=O)C2)C1=O. The average Bonchev–Trinajstić information content (AvgIpc) is 2.67. The fourth-order valence-electron chi connectivity index (χ4n) is 2.76. The Morgan fingerprint density at radius 3 is 2.89 bits per heavy atom. The van der Waals surface area contributed by atoms with Crippen molar-refractivity contribution in [1.29, 1.82) is 0 Å². The zero-order chi connectivity index (χ0) is 13.2. The van der Waals surface area contributed by atoms with Crippen LogP contribution in [0.25, 0.3) is 0 Å². The molecule has 2 fully saturated rings. The van der Waals surface area contributed by atoms with Crippen LogP contribution in [0.5, 0.6) is 0 Å². The van der Waals surface area contributed by atoms with E-state index in [1.807, 2.05) is 0 Å². The third-order valence-electron chi connectivity index (χ3n) is 3.82. The van der Waals surface area contributed by atoms with Crippen molar-refractivity contribution in [3.05, 3.63) is 0 Å². The summed E-state index contributed by atoms with van der Waals surface area (Å²) >= 11 is 0. The second-order valence-corrected chi connectivity index (χ2v) is 7.50. The molecule has 2 unspecified atom stereocenters. The van der Waals surface area contributed by atoms with Gasteiger partial charge < -0.3 is 4.90 Å². The normalized spacial score (nSPS) is 31.8. The van der Waals surface area contributed by atoms with Crippen LogP contribution in [0, 0.1) is 0 Å². The highest BCUT2D eigenvalue weighted by atomic mass is 32.2. The van der Waals surface area contributed by atoms with Crippen molar-refractivity contribution in [3.63, 3.8) is 0 Å². The Bertz CT molecular complexity index is 408. The molecule has 1 N–H and O–H groups in total. The third kappa shape index (κ3) is 3.03. The molecule has 0 aromatic heterocycles. The molecule has 2 saturated heterocycles. The summed E-state index contributed by atoms with van der Waals surface area (Å²) in [7, 11) is -2.95. The number of amides is 1. The third-order valence-corrected chi connectivity index (χ3v) is 5.62. The van der Waals surface area contributed by atoms with E-state index in [1.54, 1.807) is 4.90 Å². The van der Waals surface area contributed by atoms with Crippen molar-refractivity contribution in [2.75, 3.05) is 18.2 Å². The number of nitrogens with one attached hydrogen (secondary N) is 1. The Hall–Kier alpha value is -0.620. The molecule has 6 heteroatoms. The molecule has 1 amide bonds. The highest BCUT2D eigenvalue weighted by molar-refractivity contribution is 7.91. The Labute approximate surface area is 109 Å². The summed E-state index contributed by atoms with van der Waals surface area (Å²) in [4.78, 5) is 13.9. The molecule has 0 radical (unpaired) electrons. The first-order valence-corrected chi connectivity index (χ1v) is 8.60. The fraction of sp³-hybridized carbons (Fsp3) is 0.917. The number of rotatable bonds is 4. The zero-order valence-electron chi connectivity index (χ0n) is 10.9. The van der Waals surface area contributed by atoms with Gasteiger partial charge in [0.25, 0.3) is 0 Å². The smallest absolute Gasteiger partial charge is 0.241 e. The van der Waals surface area contributed by atoms with Crippen LogP contribution in [0.3, 0.4) is 0 Å². The van der Waals surface area contributed by atoms with Crippen LogP contribution in [-0.2, 0) is 14.6 Å². The van der Waals surface area contributed by atoms with Crippen molar-refractivity contribution in [2.24, 2.45) is 0 Å². The minimum atomic E-state index is -2.95. The quantitative estimate of drug-likeness (QED) is 0.811. The summed E-state index contributed by atoms with van der Waals surface area (Å²) in [6.07, 6.45) is 4.44. The lowest BCUT2D eigenvalue weighted by atomic mass is 10.1. The monoisotopic (exact) mass is 274 g/mol. The lowest BCUT2D eigenvalue weighted by Crippen LogP contribution is -2.45. The number of sulfone groups is 1. The lowest BCUT2D eigenvalue weighted by molar-refractivity contribution is -0.130. The molecule has 2 rings (SSSR count). The van der Waals surface area contributed by atoms with E-state index in [2.05, 4.69) is 12.2 Å². The van der Waals surface area contributed by atoms with Gasteiger partial charge in [-0.3, -0.25) is 10.1 Å². The summed E-state index contributed by atoms with van der Waals surface area (Å²) in [5, 5.41) is 3.20. The number of carbonyl (C=O) groups is 1. The minimum Gasteiger partial charge on any atom is -0.325 e. The van der Waals surface area contributed by atoms with Crippen molar-refractivity contribution >= 4 is 15.7 Å². The second-order valence-electron chi connectivity index (χ2n) is 5.28. The number of hydrogen-bond acceptors (Lipinski definition) is 4. The first kappa shape index (κ1) is 13.8. The summed E-state index contributed by atoms with van der Waals surface area (Å²) in [5.74, 6) is 0.504. The average molecular weight is 274 g/mol. The van der Waals surface area contributed by atoms with E-state index in [4.69, 9.17) is 0 Å². The van der Waals surface area contributed by atoms with Gasteiger partial charge in [-0.1, -0.05) is 19.8 Å². The van der Waals surface area contributed by atoms with E-state index in [0.29, 0.717) is 13.1 Å². The van der Waals surface area contributed by atoms with E-state index in [-0.39, 0.29) is 29.5 Å². The topological polar surface area (TPSA) is 66.5 Å². The molecule has 5 nitrogen and oxygen atoms in total. The molecule has 0 aromatic carbocycles. The van der Waals surface area contributed by atoms with Gasteiger partial charge in [-0.15, -0.1) is 0 Å². The number of unbranched alkanes of at least 4 members (excludes halogenated alkanes) is 1. The molecule has 0 saturated carbocycles. The molecule has 0 bridgehead atoms. The Morgan fingerprint density at radius 1 is 1.44 bits per heavy atom. The van der Waals surface area contributed by atoms with E-state index in [1.165, 1.54) is 0 Å². The molecular formula is C12H22N2O3S. The maximum Gasteiger partial charge on any atom is 0.241 e. The summed E-state index contributed by atoms with van der Waals surface area (Å²) < 4.78 is 23.2. The lowest BCUT2D eigenvalue weighted by Gasteiger charge is -2.30. The second kappa shape index (κ2) is 5.57. The molecule has 0 aromatic rings. The van der Waals surface area contributed by atoms with Crippen molar-refractivity contribution < 1.29 is 13.2 Å². The van der Waals surface area contributed by atoms with Crippen LogP contribution in [0.15, 0.2) is 0 Å². The Morgan fingerprint density at radius 2 is 2.22 bits per heavy atom. The largest absolute Gasteiger partial charge is 0.325 e. The van der Waals surface area contributed by atoms with Gasteiger partial charge in [0.15, 0.2) is 9.84 Å². The molecule has 2 atom stereocenters. The van der Waals surface area contributed by atoms with Gasteiger partial charge in [0.1, 0.15) is 0 Å². The highest BCUT2D eigenvalue weighted by Gasteiger charge is 2.38. The highest BCUT2D eigenvalue weighted by Crippen LogP contribution is 2.21. The molecule has 2 heterocycles. The van der Waals surface area contributed by atoms with Crippen molar-refractivity contribution in [3.8, 4) is 0 Å². The number of hydrogen-bond donors (Lipinski definition) is 1. The van der Waals surface area contributed by atoms with Crippen LogP contribution in [-0.4, -0.2) is 49.5 Å². The molecule has 0 spiro atoms. The molecule has 104 valence electrons. The Balaban J connectivity index is 1.96. The van der Waals surface area contributed by atoms with Crippen LogP contribution in [0.4, 0.5) is 0 Å². The number of carbonyl (C=O) groups excluding carboxylic acids is 1. The first-order valence-electron chi connectivity index (χ1n) is 6.78.